The molecular weight excluding hydrogens is 516 g/mol. The van der Waals surface area contributed by atoms with Crippen LogP contribution in [0.1, 0.15) is 72.8 Å². The van der Waals surface area contributed by atoms with Gasteiger partial charge in [0.25, 0.3) is 0 Å². The van der Waals surface area contributed by atoms with Crippen molar-refractivity contribution in [2.75, 3.05) is 25.9 Å². The first-order chi connectivity index (χ1) is 18.9. The normalized spacial score (nSPS) is 16.6. The number of ketones is 1. The van der Waals surface area contributed by atoms with E-state index >= 15 is 4.39 Å². The molecule has 1 aromatic heterocycles. The number of rotatable bonds is 6. The van der Waals surface area contributed by atoms with E-state index in [0.29, 0.717) is 24.3 Å². The summed E-state index contributed by atoms with van der Waals surface area (Å²) in [6, 6.07) is 9.25. The third-order valence-electron chi connectivity index (χ3n) is 6.95. The molecule has 0 saturated carbocycles. The van der Waals surface area contributed by atoms with Crippen LogP contribution in [0.5, 0.6) is 0 Å². The molecule has 0 aliphatic carbocycles. The van der Waals surface area contributed by atoms with E-state index in [1.54, 1.807) is 4.90 Å². The van der Waals surface area contributed by atoms with Crippen molar-refractivity contribution >= 4 is 23.4 Å². The number of hydrogen-bond donors (Lipinski definition) is 1. The van der Waals surface area contributed by atoms with Crippen LogP contribution in [-0.2, 0) is 4.74 Å². The molecule has 2 aromatic carbocycles. The van der Waals surface area contributed by atoms with Crippen molar-refractivity contribution in [3.63, 3.8) is 0 Å². The predicted molar refractivity (Wildman–Crippen MR) is 149 cm³/mol. The fraction of sp³-hybridized carbons (Fsp3) is 0.367. The summed E-state index contributed by atoms with van der Waals surface area (Å²) in [5.41, 5.74) is 7.25. The first kappa shape index (κ1) is 28.8. The van der Waals surface area contributed by atoms with Gasteiger partial charge < -0.3 is 15.4 Å². The highest BCUT2D eigenvalue weighted by molar-refractivity contribution is 6.17. The zero-order chi connectivity index (χ0) is 29.2. The third kappa shape index (κ3) is 6.16. The number of amides is 1. The van der Waals surface area contributed by atoms with E-state index in [9.17, 15) is 14.0 Å². The van der Waals surface area contributed by atoms with Crippen LogP contribution in [0.25, 0.3) is 0 Å². The van der Waals surface area contributed by atoms with Crippen LogP contribution < -0.4 is 5.73 Å². The summed E-state index contributed by atoms with van der Waals surface area (Å²) in [5.74, 6) is -1.73. The second-order valence-electron chi connectivity index (χ2n) is 10.9. The zero-order valence-electron chi connectivity index (χ0n) is 23.2. The molecule has 4 rings (SSSR count). The van der Waals surface area contributed by atoms with E-state index in [1.165, 1.54) is 43.7 Å². The summed E-state index contributed by atoms with van der Waals surface area (Å²) in [6.45, 7) is 8.48. The number of aliphatic imine (C=N–C) groups is 1. The van der Waals surface area contributed by atoms with Crippen LogP contribution in [-0.4, -0.2) is 58.2 Å². The zero-order valence-corrected chi connectivity index (χ0v) is 23.2. The Balaban J connectivity index is 1.63. The number of nitrogens with zero attached hydrogens (tertiary/aromatic N) is 4. The number of carbonyl (C=O) groups excluding carboxylic acids is 2. The maximum atomic E-state index is 15.5. The largest absolute Gasteiger partial charge is 0.444 e. The van der Waals surface area contributed by atoms with E-state index in [0.717, 1.165) is 18.6 Å². The Labute approximate surface area is 232 Å². The quantitative estimate of drug-likeness (QED) is 0.326. The molecule has 1 saturated heterocycles. The minimum atomic E-state index is -0.693. The second kappa shape index (κ2) is 11.5. The molecule has 40 heavy (non-hydrogen) atoms. The van der Waals surface area contributed by atoms with Crippen molar-refractivity contribution < 1.29 is 23.1 Å². The molecule has 2 atom stereocenters. The van der Waals surface area contributed by atoms with Gasteiger partial charge in [0, 0.05) is 42.7 Å². The first-order valence-electron chi connectivity index (χ1n) is 13.0. The van der Waals surface area contributed by atoms with Crippen LogP contribution in [0.4, 0.5) is 19.4 Å². The molecular formula is C30H33F2N5O3. The van der Waals surface area contributed by atoms with Crippen LogP contribution in [0.2, 0.25) is 0 Å². The number of benzene rings is 2. The number of carbonyl (C=O) groups is 2. The maximum absolute atomic E-state index is 15.5. The SMILES string of the molecule is CN=C(c1ccc(C(=O)c2cccc(F)c2)cc1F)c1c(N)ncnc1C(C)C1CCN(C(=O)OC(C)(C)C)C1. The molecule has 2 N–H and O–H groups in total. The molecule has 2 heterocycles. The molecule has 8 nitrogen and oxygen atoms in total. The summed E-state index contributed by atoms with van der Waals surface area (Å²) in [4.78, 5) is 40.1. The summed E-state index contributed by atoms with van der Waals surface area (Å²) in [5, 5.41) is 0. The van der Waals surface area contributed by atoms with Crippen molar-refractivity contribution in [3.8, 4) is 0 Å². The van der Waals surface area contributed by atoms with Gasteiger partial charge in [0.15, 0.2) is 5.78 Å². The number of halogens is 2. The number of hydrogen-bond acceptors (Lipinski definition) is 7. The predicted octanol–water partition coefficient (Wildman–Crippen LogP) is 5.40. The molecule has 0 bridgehead atoms. The Morgan fingerprint density at radius 2 is 1.85 bits per heavy atom. The topological polar surface area (TPSA) is 111 Å². The fourth-order valence-corrected chi connectivity index (χ4v) is 4.92. The van der Waals surface area contributed by atoms with Crippen LogP contribution >= 0.6 is 0 Å². The molecule has 1 aliphatic rings. The number of aromatic nitrogens is 2. The Kier molecular flexibility index (Phi) is 8.27. The van der Waals surface area contributed by atoms with Gasteiger partial charge in [0.05, 0.1) is 17.0 Å². The third-order valence-corrected chi connectivity index (χ3v) is 6.95. The van der Waals surface area contributed by atoms with E-state index in [4.69, 9.17) is 10.5 Å². The number of nitrogens with two attached hydrogens (primary N) is 1. The smallest absolute Gasteiger partial charge is 0.410 e. The lowest BCUT2D eigenvalue weighted by atomic mass is 9.85. The summed E-state index contributed by atoms with van der Waals surface area (Å²) < 4.78 is 34.7. The molecule has 210 valence electrons. The average Bonchev–Trinajstić information content (AvgIpc) is 3.39. The van der Waals surface area contributed by atoms with Gasteiger partial charge in [-0.25, -0.2) is 23.5 Å². The molecule has 0 radical (unpaired) electrons. The lowest BCUT2D eigenvalue weighted by Crippen LogP contribution is -2.35. The summed E-state index contributed by atoms with van der Waals surface area (Å²) >= 11 is 0. The van der Waals surface area contributed by atoms with E-state index in [-0.39, 0.29) is 46.1 Å². The summed E-state index contributed by atoms with van der Waals surface area (Å²) in [7, 11) is 1.52. The van der Waals surface area contributed by atoms with Crippen molar-refractivity contribution in [3.05, 3.63) is 88.4 Å². The van der Waals surface area contributed by atoms with Gasteiger partial charge in [0.1, 0.15) is 29.4 Å². The Morgan fingerprint density at radius 3 is 2.50 bits per heavy atom. The molecule has 2 unspecified atom stereocenters. The highest BCUT2D eigenvalue weighted by Gasteiger charge is 2.35. The molecule has 3 aromatic rings. The summed E-state index contributed by atoms with van der Waals surface area (Å²) in [6.07, 6.45) is 1.72. The molecule has 0 spiro atoms. The molecule has 1 fully saturated rings. The van der Waals surface area contributed by atoms with Crippen molar-refractivity contribution in [2.45, 2.75) is 45.6 Å². The highest BCUT2D eigenvalue weighted by atomic mass is 19.1. The molecule has 1 amide bonds. The number of likely N-dealkylation sites (tertiary alicyclic amines) is 1. The van der Waals surface area contributed by atoms with Crippen LogP contribution in [0.3, 0.4) is 0 Å². The van der Waals surface area contributed by atoms with Crippen molar-refractivity contribution in [2.24, 2.45) is 10.9 Å². The molecule has 1 aliphatic heterocycles. The van der Waals surface area contributed by atoms with Gasteiger partial charge in [-0.2, -0.15) is 0 Å². The van der Waals surface area contributed by atoms with Crippen molar-refractivity contribution in [1.29, 1.82) is 0 Å². The first-order valence-corrected chi connectivity index (χ1v) is 13.0. The van der Waals surface area contributed by atoms with Crippen LogP contribution in [0.15, 0.2) is 53.8 Å². The van der Waals surface area contributed by atoms with E-state index in [2.05, 4.69) is 15.0 Å². The van der Waals surface area contributed by atoms with Gasteiger partial charge in [0.2, 0.25) is 0 Å². The van der Waals surface area contributed by atoms with Gasteiger partial charge in [-0.05, 0) is 57.4 Å². The lowest BCUT2D eigenvalue weighted by molar-refractivity contribution is 0.0286. The number of ether oxygens (including phenoxy) is 1. The Bertz CT molecular complexity index is 1470. The maximum Gasteiger partial charge on any atom is 0.410 e. The monoisotopic (exact) mass is 549 g/mol. The van der Waals surface area contributed by atoms with Crippen LogP contribution in [0, 0.1) is 17.6 Å². The lowest BCUT2D eigenvalue weighted by Gasteiger charge is -2.26. The Hall–Kier alpha value is -4.21. The highest BCUT2D eigenvalue weighted by Crippen LogP contribution is 2.35. The Morgan fingerprint density at radius 1 is 1.12 bits per heavy atom. The van der Waals surface area contributed by atoms with E-state index in [1.807, 2.05) is 27.7 Å². The number of anilines is 1. The second-order valence-corrected chi connectivity index (χ2v) is 10.9. The van der Waals surface area contributed by atoms with Gasteiger partial charge in [-0.1, -0.05) is 25.1 Å². The fourth-order valence-electron chi connectivity index (χ4n) is 4.92. The van der Waals surface area contributed by atoms with Gasteiger partial charge in [-0.3, -0.25) is 9.79 Å². The minimum absolute atomic E-state index is 0.0507. The van der Waals surface area contributed by atoms with Gasteiger partial charge in [-0.15, -0.1) is 0 Å². The molecule has 10 heteroatoms. The van der Waals surface area contributed by atoms with E-state index < -0.39 is 23.0 Å². The standard InChI is InChI=1S/C30H33F2N5O3/c1-17(20-11-12-37(15-20)29(39)40-30(2,3)4)25-24(28(33)36-16-35-25)26(34-5)22-10-9-19(14-23(22)32)27(38)18-7-6-8-21(31)13-18/h6-10,13-14,16-17,20H,11-12,15H2,1-5H3,(H2,33,35,36). The average molecular weight is 550 g/mol. The number of nitrogen functional groups attached to an aromatic ring is 1. The minimum Gasteiger partial charge on any atom is -0.444 e. The van der Waals surface area contributed by atoms with Crippen molar-refractivity contribution in [1.82, 2.24) is 14.9 Å². The van der Waals surface area contributed by atoms with Gasteiger partial charge >= 0.3 is 6.09 Å².